The summed E-state index contributed by atoms with van der Waals surface area (Å²) in [7, 11) is 1.16. The number of fused-ring (bicyclic) bond motifs is 1. The zero-order valence-corrected chi connectivity index (χ0v) is 19.7. The predicted molar refractivity (Wildman–Crippen MR) is 127 cm³/mol. The fourth-order valence-corrected chi connectivity index (χ4v) is 4.24. The highest BCUT2D eigenvalue weighted by molar-refractivity contribution is 6.04. The van der Waals surface area contributed by atoms with Gasteiger partial charge in [-0.05, 0) is 49.2 Å². The maximum Gasteiger partial charge on any atom is 0.513 e. The highest BCUT2D eigenvalue weighted by Gasteiger charge is 2.32. The lowest BCUT2D eigenvalue weighted by atomic mass is 10.0. The van der Waals surface area contributed by atoms with Crippen LogP contribution in [0.4, 0.5) is 23.9 Å². The number of nitrogens with one attached hydrogen (secondary N) is 1. The number of hydrogen-bond donors (Lipinski definition) is 1. The van der Waals surface area contributed by atoms with E-state index in [1.54, 1.807) is 15.5 Å². The summed E-state index contributed by atoms with van der Waals surface area (Å²) in [6.07, 6.45) is -2.99. The zero-order valence-electron chi connectivity index (χ0n) is 19.7. The molecule has 12 heteroatoms. The Hall–Kier alpha value is -4.35. The van der Waals surface area contributed by atoms with E-state index in [9.17, 15) is 27.6 Å². The normalized spacial score (nSPS) is 15.8. The van der Waals surface area contributed by atoms with E-state index in [2.05, 4.69) is 21.6 Å². The Balaban J connectivity index is 1.73. The molecule has 1 saturated heterocycles. The number of hydrogen-bond acceptors (Lipinski definition) is 6. The lowest BCUT2D eigenvalue weighted by Crippen LogP contribution is -2.40. The van der Waals surface area contributed by atoms with Crippen LogP contribution in [0.15, 0.2) is 55.1 Å². The summed E-state index contributed by atoms with van der Waals surface area (Å²) in [5.74, 6) is -0.807. The fourth-order valence-electron chi connectivity index (χ4n) is 4.24. The number of anilines is 1. The molecule has 9 nitrogen and oxygen atoms in total. The molecule has 194 valence electrons. The number of likely N-dealkylation sites (tertiary alicyclic amines) is 1. The van der Waals surface area contributed by atoms with Gasteiger partial charge in [0.15, 0.2) is 0 Å². The molecule has 2 amide bonds. The lowest BCUT2D eigenvalue weighted by molar-refractivity contribution is -0.137. The summed E-state index contributed by atoms with van der Waals surface area (Å²) in [4.78, 5) is 42.8. The van der Waals surface area contributed by atoms with Crippen LogP contribution in [0, 0.1) is 0 Å². The van der Waals surface area contributed by atoms with Crippen molar-refractivity contribution in [3.8, 4) is 5.75 Å². The molecule has 0 radical (unpaired) electrons. The number of aromatic nitrogens is 2. The minimum Gasteiger partial charge on any atom is -0.437 e. The molecule has 37 heavy (non-hydrogen) atoms. The highest BCUT2D eigenvalue weighted by Crippen LogP contribution is 2.33. The molecule has 4 rings (SSSR count). The molecule has 1 aromatic heterocycles. The third kappa shape index (κ3) is 5.57. The van der Waals surface area contributed by atoms with Crippen molar-refractivity contribution in [3.05, 3.63) is 66.2 Å². The van der Waals surface area contributed by atoms with Crippen molar-refractivity contribution in [3.63, 3.8) is 0 Å². The molecule has 2 aromatic carbocycles. The smallest absolute Gasteiger partial charge is 0.437 e. The quantitative estimate of drug-likeness (QED) is 0.297. The molecule has 1 atom stereocenters. The number of carbonyl (C=O) groups is 3. The van der Waals surface area contributed by atoms with E-state index in [0.29, 0.717) is 37.0 Å². The molecule has 1 N–H and O–H groups in total. The van der Waals surface area contributed by atoms with Crippen LogP contribution in [0.5, 0.6) is 5.75 Å². The fraction of sp³-hybridized carbons (Fsp3) is 0.280. The second kappa shape index (κ2) is 10.3. The molecule has 0 aliphatic carbocycles. The van der Waals surface area contributed by atoms with Crippen LogP contribution in [-0.2, 0) is 15.7 Å². The topological polar surface area (TPSA) is 103 Å². The Bertz CT molecular complexity index is 1370. The molecular formula is C25H23F3N4O5. The Labute approximate surface area is 209 Å². The van der Waals surface area contributed by atoms with Crippen LogP contribution in [-0.4, -0.2) is 52.6 Å². The van der Waals surface area contributed by atoms with Crippen molar-refractivity contribution < 1.29 is 37.0 Å². The van der Waals surface area contributed by atoms with Crippen LogP contribution >= 0.6 is 0 Å². The Morgan fingerprint density at radius 2 is 1.97 bits per heavy atom. The van der Waals surface area contributed by atoms with Gasteiger partial charge in [-0.25, -0.2) is 9.78 Å². The van der Waals surface area contributed by atoms with Crippen LogP contribution in [0.2, 0.25) is 0 Å². The minimum absolute atomic E-state index is 0.0746. The number of alkyl halides is 3. The van der Waals surface area contributed by atoms with Gasteiger partial charge in [0.2, 0.25) is 11.9 Å². The summed E-state index contributed by atoms with van der Waals surface area (Å²) in [5.41, 5.74) is -0.234. The molecular weight excluding hydrogens is 493 g/mol. The number of carbonyl (C=O) groups excluding carboxylic acids is 3. The number of rotatable bonds is 5. The first-order chi connectivity index (χ1) is 17.6. The van der Waals surface area contributed by atoms with Gasteiger partial charge < -0.3 is 18.9 Å². The second-order valence-electron chi connectivity index (χ2n) is 8.33. The van der Waals surface area contributed by atoms with Gasteiger partial charge in [-0.2, -0.15) is 13.2 Å². The molecule has 1 fully saturated rings. The second-order valence-corrected chi connectivity index (χ2v) is 8.33. The third-order valence-electron chi connectivity index (χ3n) is 5.95. The molecule has 1 aliphatic rings. The van der Waals surface area contributed by atoms with Crippen molar-refractivity contribution in [2.75, 3.05) is 25.5 Å². The standard InChI is InChI=1S/C25H23F3N4O5/c1-3-21(33)31-11-5-8-17(14-31)32-20-10-9-18(37-24(35)36-2)13-19(20)29-23(32)30-22(34)15-6-4-7-16(12-15)25(26,27)28/h3-4,6-7,9-10,12-13,17H,1,5,8,11,14H2,2H3,(H,29,30,34). The van der Waals surface area contributed by atoms with Gasteiger partial charge in [0.05, 0.1) is 29.7 Å². The van der Waals surface area contributed by atoms with E-state index in [-0.39, 0.29) is 29.2 Å². The van der Waals surface area contributed by atoms with Crippen molar-refractivity contribution in [1.82, 2.24) is 14.5 Å². The average molecular weight is 516 g/mol. The average Bonchev–Trinajstić information content (AvgIpc) is 3.24. The monoisotopic (exact) mass is 516 g/mol. The van der Waals surface area contributed by atoms with E-state index in [0.717, 1.165) is 25.3 Å². The highest BCUT2D eigenvalue weighted by atomic mass is 19.4. The number of piperidine rings is 1. The molecule has 0 bridgehead atoms. The summed E-state index contributed by atoms with van der Waals surface area (Å²) in [5, 5.41) is 2.61. The van der Waals surface area contributed by atoms with Crippen molar-refractivity contribution in [2.24, 2.45) is 0 Å². The molecule has 3 aromatic rings. The van der Waals surface area contributed by atoms with Gasteiger partial charge in [0.1, 0.15) is 5.75 Å². The third-order valence-corrected chi connectivity index (χ3v) is 5.95. The van der Waals surface area contributed by atoms with Gasteiger partial charge >= 0.3 is 12.3 Å². The Morgan fingerprint density at radius 3 is 2.68 bits per heavy atom. The van der Waals surface area contributed by atoms with E-state index in [1.807, 2.05) is 0 Å². The minimum atomic E-state index is -4.61. The maximum atomic E-state index is 13.2. The van der Waals surface area contributed by atoms with Crippen LogP contribution in [0.3, 0.4) is 0 Å². The number of methoxy groups -OCH3 is 1. The Kier molecular flexibility index (Phi) is 7.18. The summed E-state index contributed by atoms with van der Waals surface area (Å²) in [6.45, 7) is 4.38. The summed E-state index contributed by atoms with van der Waals surface area (Å²) >= 11 is 0. The first-order valence-electron chi connectivity index (χ1n) is 11.3. The van der Waals surface area contributed by atoms with E-state index < -0.39 is 23.8 Å². The van der Waals surface area contributed by atoms with E-state index >= 15 is 0 Å². The number of nitrogens with zero attached hydrogens (tertiary/aromatic N) is 3. The number of halogens is 3. The zero-order chi connectivity index (χ0) is 26.7. The SMILES string of the molecule is C=CC(=O)N1CCCC(n2c(NC(=O)c3cccc(C(F)(F)F)c3)nc3cc(OC(=O)OC)ccc32)C1. The maximum absolute atomic E-state index is 13.2. The van der Waals surface area contributed by atoms with Crippen molar-refractivity contribution in [1.29, 1.82) is 0 Å². The molecule has 0 saturated carbocycles. The number of ether oxygens (including phenoxy) is 2. The van der Waals surface area contributed by atoms with Gasteiger partial charge in [0.25, 0.3) is 5.91 Å². The van der Waals surface area contributed by atoms with Crippen LogP contribution in [0.1, 0.15) is 34.8 Å². The van der Waals surface area contributed by atoms with E-state index in [1.165, 1.54) is 24.3 Å². The first-order valence-corrected chi connectivity index (χ1v) is 11.3. The van der Waals surface area contributed by atoms with Crippen molar-refractivity contribution in [2.45, 2.75) is 25.1 Å². The Morgan fingerprint density at radius 1 is 1.19 bits per heavy atom. The number of amides is 2. The molecule has 2 heterocycles. The van der Waals surface area contributed by atoms with Crippen LogP contribution < -0.4 is 10.1 Å². The molecule has 1 unspecified atom stereocenters. The first kappa shape index (κ1) is 25.7. The van der Waals surface area contributed by atoms with Gasteiger partial charge in [-0.1, -0.05) is 12.6 Å². The predicted octanol–water partition coefficient (Wildman–Crippen LogP) is 4.80. The van der Waals surface area contributed by atoms with Crippen LogP contribution in [0.25, 0.3) is 11.0 Å². The summed E-state index contributed by atoms with van der Waals surface area (Å²) in [6, 6.07) is 8.38. The lowest BCUT2D eigenvalue weighted by Gasteiger charge is -2.33. The number of benzene rings is 2. The molecule has 0 spiro atoms. The number of imidazole rings is 1. The summed E-state index contributed by atoms with van der Waals surface area (Å²) < 4.78 is 50.8. The van der Waals surface area contributed by atoms with Gasteiger partial charge in [-0.3, -0.25) is 14.9 Å². The molecule has 1 aliphatic heterocycles. The van der Waals surface area contributed by atoms with Crippen molar-refractivity contribution >= 4 is 35.0 Å². The van der Waals surface area contributed by atoms with Gasteiger partial charge in [-0.15, -0.1) is 0 Å². The van der Waals surface area contributed by atoms with Gasteiger partial charge in [0, 0.05) is 24.7 Å². The van der Waals surface area contributed by atoms with E-state index in [4.69, 9.17) is 4.74 Å². The largest absolute Gasteiger partial charge is 0.513 e.